The predicted octanol–water partition coefficient (Wildman–Crippen LogP) is 6.34. The fourth-order valence-corrected chi connectivity index (χ4v) is 7.28. The van der Waals surface area contributed by atoms with Crippen molar-refractivity contribution >= 4 is 28.5 Å². The summed E-state index contributed by atoms with van der Waals surface area (Å²) >= 11 is 6.43. The smallest absolute Gasteiger partial charge is 0.219 e. The molecule has 0 bridgehead atoms. The van der Waals surface area contributed by atoms with Crippen LogP contribution >= 0.6 is 11.6 Å². The summed E-state index contributed by atoms with van der Waals surface area (Å²) in [5.74, 6) is 0.0395. The van der Waals surface area contributed by atoms with Crippen molar-refractivity contribution in [3.63, 3.8) is 0 Å². The van der Waals surface area contributed by atoms with Crippen LogP contribution in [0.2, 0.25) is 5.02 Å². The van der Waals surface area contributed by atoms with Crippen LogP contribution in [0.15, 0.2) is 36.8 Å². The molecule has 1 aromatic carbocycles. The number of pyridine rings is 1. The molecule has 8 nitrogen and oxygen atoms in total. The molecule has 0 radical (unpaired) electrons. The van der Waals surface area contributed by atoms with Gasteiger partial charge >= 0.3 is 0 Å². The highest BCUT2D eigenvalue weighted by Crippen LogP contribution is 2.41. The van der Waals surface area contributed by atoms with E-state index in [0.29, 0.717) is 23.4 Å². The summed E-state index contributed by atoms with van der Waals surface area (Å²) in [5.41, 5.74) is 5.54. The minimum atomic E-state index is -0.467. The molecular weight excluding hydrogens is 555 g/mol. The number of nitrogens with one attached hydrogen (secondary N) is 1. The Labute approximate surface area is 250 Å². The molecule has 1 aliphatic heterocycles. The van der Waals surface area contributed by atoms with Gasteiger partial charge in [0.15, 0.2) is 0 Å². The molecule has 2 aliphatic rings. The Balaban J connectivity index is 1.20. The Morgan fingerprint density at radius 1 is 1.12 bits per heavy atom. The van der Waals surface area contributed by atoms with E-state index in [1.807, 2.05) is 30.4 Å². The molecule has 1 saturated carbocycles. The monoisotopic (exact) mass is 592 g/mol. The maximum Gasteiger partial charge on any atom is 0.219 e. The normalized spacial score (nSPS) is 20.7. The van der Waals surface area contributed by atoms with E-state index in [1.54, 1.807) is 20.1 Å². The number of fused-ring (bicyclic) bond motifs is 1. The number of hydrogen-bond acceptors (Lipinski definition) is 5. The summed E-state index contributed by atoms with van der Waals surface area (Å²) in [6.07, 6.45) is 10.2. The summed E-state index contributed by atoms with van der Waals surface area (Å²) in [6, 6.07) is 6.03. The Kier molecular flexibility index (Phi) is 7.98. The summed E-state index contributed by atoms with van der Waals surface area (Å²) in [7, 11) is 1.57. The number of benzene rings is 1. The standard InChI is InChI=1S/C32H38ClFN6O2/c1-19(30-29(42-4)10-9-28(34)31(30)33)26-17-36-32-25(26)15-22(16-35-32)27-18-37-40(20(27)2)24-7-5-23(6-8-24)39-13-11-38(12-14-39)21(3)41/h9-10,15-19,23-24H,5-8,11-14H2,1-4H3,(H,35,36)/t19-,23?,24?/m0/s1. The second kappa shape index (κ2) is 11.7. The maximum absolute atomic E-state index is 14.4. The average Bonchev–Trinajstić information content (AvgIpc) is 3.61. The van der Waals surface area contributed by atoms with Gasteiger partial charge in [-0.3, -0.25) is 14.4 Å². The Morgan fingerprint density at radius 2 is 1.83 bits per heavy atom. The van der Waals surface area contributed by atoms with E-state index < -0.39 is 5.82 Å². The zero-order valence-electron chi connectivity index (χ0n) is 24.7. The molecule has 1 atom stereocenters. The van der Waals surface area contributed by atoms with Crippen molar-refractivity contribution in [3.05, 3.63) is 64.5 Å². The molecule has 42 heavy (non-hydrogen) atoms. The van der Waals surface area contributed by atoms with Gasteiger partial charge in [-0.05, 0) is 56.4 Å². The summed E-state index contributed by atoms with van der Waals surface area (Å²) in [5, 5.41) is 5.88. The Hall–Kier alpha value is -3.43. The zero-order chi connectivity index (χ0) is 29.5. The number of carbonyl (C=O) groups is 1. The van der Waals surface area contributed by atoms with E-state index in [4.69, 9.17) is 26.4 Å². The van der Waals surface area contributed by atoms with Crippen LogP contribution in [0, 0.1) is 12.7 Å². The van der Waals surface area contributed by atoms with Crippen LogP contribution in [-0.2, 0) is 4.79 Å². The molecule has 4 aromatic rings. The van der Waals surface area contributed by atoms with Gasteiger partial charge in [-0.15, -0.1) is 0 Å². The quantitative estimate of drug-likeness (QED) is 0.283. The molecule has 6 rings (SSSR count). The van der Waals surface area contributed by atoms with Gasteiger partial charge in [0.2, 0.25) is 5.91 Å². The van der Waals surface area contributed by atoms with Crippen LogP contribution in [0.25, 0.3) is 22.2 Å². The number of methoxy groups -OCH3 is 1. The van der Waals surface area contributed by atoms with Crippen molar-refractivity contribution in [2.24, 2.45) is 0 Å². The van der Waals surface area contributed by atoms with Gasteiger partial charge in [-0.1, -0.05) is 18.5 Å². The number of nitrogens with zero attached hydrogens (tertiary/aromatic N) is 5. The molecule has 222 valence electrons. The first-order valence-electron chi connectivity index (χ1n) is 14.8. The molecule has 1 N–H and O–H groups in total. The van der Waals surface area contributed by atoms with Gasteiger partial charge in [0, 0.05) is 85.2 Å². The summed E-state index contributed by atoms with van der Waals surface area (Å²) in [4.78, 5) is 24.2. The van der Waals surface area contributed by atoms with Gasteiger partial charge in [-0.25, -0.2) is 9.37 Å². The second-order valence-corrected chi connectivity index (χ2v) is 12.0. The van der Waals surface area contributed by atoms with Crippen molar-refractivity contribution in [1.29, 1.82) is 0 Å². The Bertz CT molecular complexity index is 1600. The lowest BCUT2D eigenvalue weighted by Crippen LogP contribution is -2.52. The highest BCUT2D eigenvalue weighted by molar-refractivity contribution is 6.31. The zero-order valence-corrected chi connectivity index (χ0v) is 25.4. The SMILES string of the molecule is COc1ccc(F)c(Cl)c1[C@@H](C)c1c[nH]c2ncc(-c3cnn(C4CCC(N5CCN(C(C)=O)CC5)CC4)c3C)cc12. The van der Waals surface area contributed by atoms with E-state index >= 15 is 0 Å². The van der Waals surface area contributed by atoms with Crippen LogP contribution in [0.1, 0.15) is 68.3 Å². The minimum Gasteiger partial charge on any atom is -0.496 e. The lowest BCUT2D eigenvalue weighted by Gasteiger charge is -2.41. The second-order valence-electron chi connectivity index (χ2n) is 11.7. The van der Waals surface area contributed by atoms with Crippen molar-refractivity contribution in [3.8, 4) is 16.9 Å². The number of aromatic nitrogens is 4. The predicted molar refractivity (Wildman–Crippen MR) is 163 cm³/mol. The van der Waals surface area contributed by atoms with E-state index in [-0.39, 0.29) is 16.8 Å². The molecule has 0 spiro atoms. The Morgan fingerprint density at radius 3 is 2.52 bits per heavy atom. The van der Waals surface area contributed by atoms with Gasteiger partial charge in [0.05, 0.1) is 24.4 Å². The molecule has 2 fully saturated rings. The molecule has 4 heterocycles. The fourth-order valence-electron chi connectivity index (χ4n) is 6.96. The first kappa shape index (κ1) is 28.7. The number of carbonyl (C=O) groups excluding carboxylic acids is 1. The highest BCUT2D eigenvalue weighted by Gasteiger charge is 2.31. The van der Waals surface area contributed by atoms with Crippen molar-refractivity contribution in [1.82, 2.24) is 29.5 Å². The molecule has 10 heteroatoms. The molecule has 3 aromatic heterocycles. The minimum absolute atomic E-state index is 0.0745. The van der Waals surface area contributed by atoms with Gasteiger partial charge < -0.3 is 14.6 Å². The van der Waals surface area contributed by atoms with E-state index in [2.05, 4.69) is 27.6 Å². The van der Waals surface area contributed by atoms with Crippen LogP contribution < -0.4 is 4.74 Å². The lowest BCUT2D eigenvalue weighted by molar-refractivity contribution is -0.131. The van der Waals surface area contributed by atoms with Gasteiger partial charge in [0.1, 0.15) is 17.2 Å². The van der Waals surface area contributed by atoms with Crippen LogP contribution in [-0.4, -0.2) is 74.8 Å². The summed E-state index contributed by atoms with van der Waals surface area (Å²) in [6.45, 7) is 9.40. The number of piperazine rings is 1. The first-order valence-corrected chi connectivity index (χ1v) is 15.2. The van der Waals surface area contributed by atoms with Crippen molar-refractivity contribution < 1.29 is 13.9 Å². The number of H-pyrrole nitrogens is 1. The van der Waals surface area contributed by atoms with E-state index in [0.717, 1.165) is 85.3 Å². The topological polar surface area (TPSA) is 79.3 Å². The third kappa shape index (κ3) is 5.17. The lowest BCUT2D eigenvalue weighted by atomic mass is 9.89. The van der Waals surface area contributed by atoms with Crippen molar-refractivity contribution in [2.75, 3.05) is 33.3 Å². The van der Waals surface area contributed by atoms with E-state index in [1.165, 1.54) is 6.07 Å². The number of halogens is 2. The highest BCUT2D eigenvalue weighted by atomic mass is 35.5. The molecule has 1 aliphatic carbocycles. The molecule has 1 saturated heterocycles. The van der Waals surface area contributed by atoms with Gasteiger partial charge in [-0.2, -0.15) is 5.10 Å². The van der Waals surface area contributed by atoms with Gasteiger partial charge in [0.25, 0.3) is 0 Å². The number of aromatic amines is 1. The van der Waals surface area contributed by atoms with Crippen LogP contribution in [0.5, 0.6) is 5.75 Å². The number of rotatable bonds is 6. The number of amides is 1. The first-order chi connectivity index (χ1) is 20.3. The van der Waals surface area contributed by atoms with Crippen LogP contribution in [0.3, 0.4) is 0 Å². The van der Waals surface area contributed by atoms with Crippen LogP contribution in [0.4, 0.5) is 4.39 Å². The number of ether oxygens (including phenoxy) is 1. The fraction of sp³-hybridized carbons (Fsp3) is 0.469. The average molecular weight is 593 g/mol. The summed E-state index contributed by atoms with van der Waals surface area (Å²) < 4.78 is 22.1. The maximum atomic E-state index is 14.4. The molecule has 0 unspecified atom stereocenters. The third-order valence-electron chi connectivity index (χ3n) is 9.42. The number of hydrogen-bond donors (Lipinski definition) is 1. The molecular formula is C32H38ClFN6O2. The van der Waals surface area contributed by atoms with Crippen molar-refractivity contribution in [2.45, 2.75) is 64.5 Å². The largest absolute Gasteiger partial charge is 0.496 e. The van der Waals surface area contributed by atoms with E-state index in [9.17, 15) is 9.18 Å². The third-order valence-corrected chi connectivity index (χ3v) is 9.80. The molecule has 1 amide bonds.